The lowest BCUT2D eigenvalue weighted by molar-refractivity contribution is -0.146. The van der Waals surface area contributed by atoms with Crippen LogP contribution in [0.25, 0.3) is 0 Å². The molecule has 0 aliphatic rings. The number of terminal acetylenes is 1. The molecule has 0 heterocycles. The molecule has 4 amide bonds. The highest BCUT2D eigenvalue weighted by molar-refractivity contribution is 5.93. The maximum atomic E-state index is 14.1. The van der Waals surface area contributed by atoms with Gasteiger partial charge in [0.25, 0.3) is 0 Å². The van der Waals surface area contributed by atoms with Crippen LogP contribution in [0.4, 0.5) is 4.79 Å². The van der Waals surface area contributed by atoms with Crippen LogP contribution in [0.15, 0.2) is 24.3 Å². The molecule has 0 aliphatic carbocycles. The summed E-state index contributed by atoms with van der Waals surface area (Å²) in [5, 5.41) is 5.54. The number of carbonyl (C=O) groups is 4. The Bertz CT molecular complexity index is 999. The second-order valence-electron chi connectivity index (χ2n) is 11.1. The second-order valence-corrected chi connectivity index (χ2v) is 11.1. The number of hydrogen-bond donors (Lipinski definition) is 3. The van der Waals surface area contributed by atoms with E-state index in [1.807, 2.05) is 34.6 Å². The molecule has 0 radical (unpaired) electrons. The first-order valence-electron chi connectivity index (χ1n) is 12.5. The number of nitrogens with two attached hydrogens (primary N) is 1. The predicted molar refractivity (Wildman–Crippen MR) is 143 cm³/mol. The highest BCUT2D eigenvalue weighted by Crippen LogP contribution is 2.28. The first-order chi connectivity index (χ1) is 17.0. The summed E-state index contributed by atoms with van der Waals surface area (Å²) >= 11 is 0. The van der Waals surface area contributed by atoms with E-state index in [1.165, 1.54) is 4.90 Å². The third-order valence-corrected chi connectivity index (χ3v) is 5.41. The first-order valence-corrected chi connectivity index (χ1v) is 12.5. The van der Waals surface area contributed by atoms with Crippen LogP contribution in [0.1, 0.15) is 91.8 Å². The summed E-state index contributed by atoms with van der Waals surface area (Å²) in [7, 11) is 0. The van der Waals surface area contributed by atoms with E-state index in [9.17, 15) is 19.2 Å². The van der Waals surface area contributed by atoms with Crippen LogP contribution in [0.5, 0.6) is 0 Å². The third kappa shape index (κ3) is 10.5. The summed E-state index contributed by atoms with van der Waals surface area (Å²) in [5.41, 5.74) is 5.16. The van der Waals surface area contributed by atoms with E-state index < -0.39 is 47.2 Å². The zero-order valence-corrected chi connectivity index (χ0v) is 23.3. The van der Waals surface area contributed by atoms with E-state index in [2.05, 4.69) is 16.6 Å². The van der Waals surface area contributed by atoms with Crippen LogP contribution in [0.3, 0.4) is 0 Å². The van der Waals surface area contributed by atoms with Crippen LogP contribution in [-0.2, 0) is 19.1 Å². The van der Waals surface area contributed by atoms with Gasteiger partial charge in [-0.2, -0.15) is 0 Å². The molecule has 0 aromatic heterocycles. The van der Waals surface area contributed by atoms with Gasteiger partial charge in [0.1, 0.15) is 17.7 Å². The van der Waals surface area contributed by atoms with Gasteiger partial charge in [-0.1, -0.05) is 25.0 Å². The molecule has 3 unspecified atom stereocenters. The second kappa shape index (κ2) is 13.1. The van der Waals surface area contributed by atoms with Crippen LogP contribution in [0, 0.1) is 12.3 Å². The van der Waals surface area contributed by atoms with Gasteiger partial charge in [0.2, 0.25) is 17.7 Å². The minimum absolute atomic E-state index is 0.0516. The van der Waals surface area contributed by atoms with E-state index in [-0.39, 0.29) is 18.7 Å². The summed E-state index contributed by atoms with van der Waals surface area (Å²) < 4.78 is 5.34. The number of ether oxygens (including phenoxy) is 1. The first kappa shape index (κ1) is 31.5. The molecule has 0 aliphatic heterocycles. The number of alkyl carbamates (subject to hydrolysis) is 1. The zero-order chi connectivity index (χ0) is 28.6. The molecule has 0 saturated heterocycles. The smallest absolute Gasteiger partial charge is 0.408 e. The summed E-state index contributed by atoms with van der Waals surface area (Å²) in [6, 6.07) is 4.27. The number of nitrogens with zero attached hydrogens (tertiary/aromatic N) is 1. The number of rotatable bonds is 10. The number of primary amides is 1. The number of benzene rings is 1. The highest BCUT2D eigenvalue weighted by atomic mass is 16.6. The predicted octanol–water partition coefficient (Wildman–Crippen LogP) is 3.41. The minimum Gasteiger partial charge on any atom is -0.444 e. The summed E-state index contributed by atoms with van der Waals surface area (Å²) in [6.45, 7) is 14.4. The molecule has 0 bridgehead atoms. The fourth-order valence-corrected chi connectivity index (χ4v) is 3.61. The van der Waals surface area contributed by atoms with Crippen LogP contribution in [-0.4, -0.2) is 51.9 Å². The van der Waals surface area contributed by atoms with Crippen LogP contribution in [0.2, 0.25) is 0 Å². The lowest BCUT2D eigenvalue weighted by Crippen LogP contribution is -2.57. The SMILES string of the molecule is C#Cc1ccc(C(C(=O)NC(C)(C)C)N(C(=O)C(CCC(N)=O)NC(=O)OC(C)(C)C)C(C)CC)cc1. The van der Waals surface area contributed by atoms with E-state index in [4.69, 9.17) is 16.9 Å². The van der Waals surface area contributed by atoms with Gasteiger partial charge in [0.15, 0.2) is 0 Å². The summed E-state index contributed by atoms with van der Waals surface area (Å²) in [4.78, 5) is 53.3. The lowest BCUT2D eigenvalue weighted by Gasteiger charge is -2.39. The van der Waals surface area contributed by atoms with Gasteiger partial charge in [-0.3, -0.25) is 14.4 Å². The summed E-state index contributed by atoms with van der Waals surface area (Å²) in [6.07, 6.45) is 5.03. The Kier molecular flexibility index (Phi) is 11.2. The number of hydrogen-bond acceptors (Lipinski definition) is 5. The van der Waals surface area contributed by atoms with Gasteiger partial charge in [-0.05, 0) is 79.0 Å². The lowest BCUT2D eigenvalue weighted by atomic mass is 9.97. The van der Waals surface area contributed by atoms with Crippen molar-refractivity contribution >= 4 is 23.8 Å². The maximum Gasteiger partial charge on any atom is 0.408 e. The molecule has 3 atom stereocenters. The number of nitrogens with one attached hydrogen (secondary N) is 2. The minimum atomic E-state index is -1.15. The number of amides is 4. The molecule has 0 spiro atoms. The van der Waals surface area contributed by atoms with E-state index in [0.29, 0.717) is 17.5 Å². The van der Waals surface area contributed by atoms with E-state index >= 15 is 0 Å². The normalized spacial score (nSPS) is 13.9. The van der Waals surface area contributed by atoms with Gasteiger partial charge in [0.05, 0.1) is 0 Å². The molecular weight excluding hydrogens is 472 g/mol. The molecule has 9 nitrogen and oxygen atoms in total. The molecule has 1 rings (SSSR count). The monoisotopic (exact) mass is 514 g/mol. The van der Waals surface area contributed by atoms with Crippen molar-refractivity contribution in [2.75, 3.05) is 0 Å². The standard InChI is InChI=1S/C28H42N4O5/c1-10-18(3)32(25(35)21(16-17-22(29)33)30-26(36)37-28(7,8)9)23(24(34)31-27(4,5)6)20-14-12-19(11-2)13-15-20/h2,12-15,18,21,23H,10,16-17H2,1,3-9H3,(H2,29,33)(H,30,36)(H,31,34). The molecule has 1 aromatic rings. The average molecular weight is 515 g/mol. The fourth-order valence-electron chi connectivity index (χ4n) is 3.61. The largest absolute Gasteiger partial charge is 0.444 e. The maximum absolute atomic E-state index is 14.1. The number of carbonyl (C=O) groups excluding carboxylic acids is 4. The fraction of sp³-hybridized carbons (Fsp3) is 0.571. The Morgan fingerprint density at radius 2 is 1.65 bits per heavy atom. The molecule has 37 heavy (non-hydrogen) atoms. The molecule has 0 saturated carbocycles. The Morgan fingerprint density at radius 3 is 2.08 bits per heavy atom. The van der Waals surface area contributed by atoms with Crippen molar-refractivity contribution in [1.82, 2.24) is 15.5 Å². The van der Waals surface area contributed by atoms with Gasteiger partial charge >= 0.3 is 6.09 Å². The van der Waals surface area contributed by atoms with E-state index in [0.717, 1.165) is 0 Å². The van der Waals surface area contributed by atoms with Crippen molar-refractivity contribution in [3.63, 3.8) is 0 Å². The summed E-state index contributed by atoms with van der Waals surface area (Å²) in [5.74, 6) is 1.01. The van der Waals surface area contributed by atoms with Crippen LogP contribution >= 0.6 is 0 Å². The van der Waals surface area contributed by atoms with Crippen molar-refractivity contribution in [1.29, 1.82) is 0 Å². The van der Waals surface area contributed by atoms with Gasteiger partial charge in [-0.25, -0.2) is 4.79 Å². The van der Waals surface area contributed by atoms with Gasteiger partial charge < -0.3 is 26.0 Å². The quantitative estimate of drug-likeness (QED) is 0.412. The van der Waals surface area contributed by atoms with Crippen LogP contribution < -0.4 is 16.4 Å². The van der Waals surface area contributed by atoms with Crippen molar-refractivity contribution in [3.8, 4) is 12.3 Å². The highest BCUT2D eigenvalue weighted by Gasteiger charge is 2.39. The van der Waals surface area contributed by atoms with E-state index in [1.54, 1.807) is 45.0 Å². The molecule has 1 aromatic carbocycles. The van der Waals surface area contributed by atoms with Crippen molar-refractivity contribution in [2.24, 2.45) is 5.73 Å². The molecule has 9 heteroatoms. The Hall–Kier alpha value is -3.54. The molecule has 204 valence electrons. The molecule has 4 N–H and O–H groups in total. The molecule has 0 fully saturated rings. The topological polar surface area (TPSA) is 131 Å². The van der Waals surface area contributed by atoms with Crippen molar-refractivity contribution in [2.45, 2.75) is 104 Å². The van der Waals surface area contributed by atoms with Gasteiger partial charge in [0, 0.05) is 23.6 Å². The van der Waals surface area contributed by atoms with Gasteiger partial charge in [-0.15, -0.1) is 6.42 Å². The molecular formula is C28H42N4O5. The Balaban J connectivity index is 3.60. The Morgan fingerprint density at radius 1 is 1.08 bits per heavy atom. The third-order valence-electron chi connectivity index (χ3n) is 5.41. The zero-order valence-electron chi connectivity index (χ0n) is 23.3. The van der Waals surface area contributed by atoms with Crippen molar-refractivity contribution < 1.29 is 23.9 Å². The Labute approximate surface area is 220 Å². The van der Waals surface area contributed by atoms with Crippen molar-refractivity contribution in [3.05, 3.63) is 35.4 Å². The average Bonchev–Trinajstić information content (AvgIpc) is 2.76.